The van der Waals surface area contributed by atoms with E-state index in [-0.39, 0.29) is 18.3 Å². The van der Waals surface area contributed by atoms with Gasteiger partial charge in [-0.15, -0.1) is 0 Å². The predicted molar refractivity (Wildman–Crippen MR) is 105 cm³/mol. The quantitative estimate of drug-likeness (QED) is 0.794. The fourth-order valence-corrected chi connectivity index (χ4v) is 3.37. The third-order valence-corrected chi connectivity index (χ3v) is 5.70. The van der Waals surface area contributed by atoms with E-state index in [0.717, 1.165) is 36.6 Å². The number of benzene rings is 2. The smallest absolute Gasteiger partial charge is 0.490 e. The average Bonchev–Trinajstić information content (AvgIpc) is 2.84. The summed E-state index contributed by atoms with van der Waals surface area (Å²) < 4.78 is 18.0. The normalized spacial score (nSPS) is 20.6. The van der Waals surface area contributed by atoms with Crippen LogP contribution in [0.3, 0.4) is 0 Å². The Morgan fingerprint density at radius 3 is 2.27 bits per heavy atom. The molecule has 0 aliphatic carbocycles. The molecule has 2 aromatic carbocycles. The van der Waals surface area contributed by atoms with Crippen LogP contribution in [0.2, 0.25) is 0 Å². The number of anilines is 1. The second-order valence-electron chi connectivity index (χ2n) is 8.07. The molecule has 0 radical (unpaired) electrons. The van der Waals surface area contributed by atoms with Crippen molar-refractivity contribution in [3.8, 4) is 5.75 Å². The number of nitrogens with zero attached hydrogens (tertiary/aromatic N) is 1. The summed E-state index contributed by atoms with van der Waals surface area (Å²) in [6.45, 7) is 10.8. The van der Waals surface area contributed by atoms with Crippen LogP contribution in [0.1, 0.15) is 33.3 Å². The second-order valence-corrected chi connectivity index (χ2v) is 8.07. The van der Waals surface area contributed by atoms with E-state index in [1.54, 1.807) is 0 Å². The van der Waals surface area contributed by atoms with Crippen LogP contribution >= 0.6 is 0 Å². The van der Waals surface area contributed by atoms with Crippen LogP contribution in [-0.4, -0.2) is 31.5 Å². The standard InChI is InChI=1S/C21H26BNO3/c1-20(2)21(3,4)26-22(25-20)17-11-9-16(10-12-17)15-23-13-14-24-19-8-6-5-7-18(19)23/h5-12H,13-15H2,1-4H3. The van der Waals surface area contributed by atoms with Gasteiger partial charge in [0.2, 0.25) is 0 Å². The lowest BCUT2D eigenvalue weighted by atomic mass is 9.79. The SMILES string of the molecule is CC1(C)OB(c2ccc(CN3CCOc4ccccc43)cc2)OC1(C)C. The van der Waals surface area contributed by atoms with E-state index in [1.165, 1.54) is 5.56 Å². The van der Waals surface area contributed by atoms with Gasteiger partial charge >= 0.3 is 7.12 Å². The molecule has 0 unspecified atom stereocenters. The molecule has 4 nitrogen and oxygen atoms in total. The minimum Gasteiger partial charge on any atom is -0.490 e. The van der Waals surface area contributed by atoms with Gasteiger partial charge in [-0.05, 0) is 50.9 Å². The lowest BCUT2D eigenvalue weighted by molar-refractivity contribution is 0.00578. The zero-order valence-corrected chi connectivity index (χ0v) is 16.0. The highest BCUT2D eigenvalue weighted by molar-refractivity contribution is 6.62. The molecule has 0 bridgehead atoms. The van der Waals surface area contributed by atoms with E-state index in [4.69, 9.17) is 14.0 Å². The highest BCUT2D eigenvalue weighted by atomic mass is 16.7. The number of hydrogen-bond donors (Lipinski definition) is 0. The van der Waals surface area contributed by atoms with Crippen molar-refractivity contribution < 1.29 is 14.0 Å². The molecule has 2 aliphatic heterocycles. The van der Waals surface area contributed by atoms with Gasteiger partial charge in [-0.2, -0.15) is 0 Å². The summed E-state index contributed by atoms with van der Waals surface area (Å²) in [6, 6.07) is 16.8. The largest absolute Gasteiger partial charge is 0.494 e. The summed E-state index contributed by atoms with van der Waals surface area (Å²) in [7, 11) is -0.307. The molecular formula is C21H26BNO3. The monoisotopic (exact) mass is 351 g/mol. The molecule has 1 fully saturated rings. The molecular weight excluding hydrogens is 325 g/mol. The molecule has 0 spiro atoms. The van der Waals surface area contributed by atoms with Gasteiger partial charge in [0.15, 0.2) is 0 Å². The molecule has 136 valence electrons. The first-order valence-corrected chi connectivity index (χ1v) is 9.27. The van der Waals surface area contributed by atoms with Crippen LogP contribution in [0.15, 0.2) is 48.5 Å². The maximum Gasteiger partial charge on any atom is 0.494 e. The number of para-hydroxylation sites is 2. The molecule has 26 heavy (non-hydrogen) atoms. The Labute approximate surface area is 156 Å². The summed E-state index contributed by atoms with van der Waals surface area (Å²) in [5.74, 6) is 0.965. The lowest BCUT2D eigenvalue weighted by Crippen LogP contribution is -2.41. The summed E-state index contributed by atoms with van der Waals surface area (Å²) in [5, 5.41) is 0. The van der Waals surface area contributed by atoms with Crippen LogP contribution in [0.4, 0.5) is 5.69 Å². The van der Waals surface area contributed by atoms with E-state index in [2.05, 4.69) is 69.0 Å². The number of ether oxygens (including phenoxy) is 1. The molecule has 2 aliphatic rings. The number of fused-ring (bicyclic) bond motifs is 1. The highest BCUT2D eigenvalue weighted by Crippen LogP contribution is 2.36. The van der Waals surface area contributed by atoms with Crippen molar-refractivity contribution >= 4 is 18.3 Å². The van der Waals surface area contributed by atoms with Gasteiger partial charge in [-0.3, -0.25) is 0 Å². The zero-order chi connectivity index (χ0) is 18.4. The van der Waals surface area contributed by atoms with Crippen molar-refractivity contribution in [1.82, 2.24) is 0 Å². The fourth-order valence-electron chi connectivity index (χ4n) is 3.37. The summed E-state index contributed by atoms with van der Waals surface area (Å²) in [6.07, 6.45) is 0. The third-order valence-electron chi connectivity index (χ3n) is 5.70. The molecule has 5 heteroatoms. The molecule has 0 saturated carbocycles. The first kappa shape index (κ1) is 17.4. The van der Waals surface area contributed by atoms with Gasteiger partial charge in [-0.25, -0.2) is 0 Å². The van der Waals surface area contributed by atoms with Crippen LogP contribution < -0.4 is 15.1 Å². The van der Waals surface area contributed by atoms with Crippen LogP contribution in [0.5, 0.6) is 5.75 Å². The summed E-state index contributed by atoms with van der Waals surface area (Å²) >= 11 is 0. The van der Waals surface area contributed by atoms with Gasteiger partial charge in [0.05, 0.1) is 23.4 Å². The van der Waals surface area contributed by atoms with Gasteiger partial charge in [0.1, 0.15) is 12.4 Å². The Morgan fingerprint density at radius 1 is 0.923 bits per heavy atom. The van der Waals surface area contributed by atoms with Crippen LogP contribution in [0.25, 0.3) is 0 Å². The zero-order valence-electron chi connectivity index (χ0n) is 16.0. The Bertz CT molecular complexity index is 772. The van der Waals surface area contributed by atoms with Crippen molar-refractivity contribution in [2.24, 2.45) is 0 Å². The molecule has 1 saturated heterocycles. The van der Waals surface area contributed by atoms with Gasteiger partial charge in [0, 0.05) is 6.54 Å². The molecule has 0 aromatic heterocycles. The Hall–Kier alpha value is -1.98. The molecule has 0 N–H and O–H groups in total. The Balaban J connectivity index is 1.48. The number of hydrogen-bond acceptors (Lipinski definition) is 4. The lowest BCUT2D eigenvalue weighted by Gasteiger charge is -2.32. The van der Waals surface area contributed by atoms with Crippen molar-refractivity contribution in [2.75, 3.05) is 18.1 Å². The number of rotatable bonds is 3. The summed E-state index contributed by atoms with van der Waals surface area (Å²) in [4.78, 5) is 2.36. The molecule has 2 heterocycles. The second kappa shape index (κ2) is 6.32. The maximum absolute atomic E-state index is 6.14. The van der Waals surface area contributed by atoms with Gasteiger partial charge in [-0.1, -0.05) is 36.4 Å². The Kier molecular flexibility index (Phi) is 4.24. The van der Waals surface area contributed by atoms with E-state index < -0.39 is 0 Å². The van der Waals surface area contributed by atoms with Crippen LogP contribution in [0, 0.1) is 0 Å². The predicted octanol–water partition coefficient (Wildman–Crippen LogP) is 3.38. The van der Waals surface area contributed by atoms with Crippen molar-refractivity contribution in [2.45, 2.75) is 45.4 Å². The van der Waals surface area contributed by atoms with Crippen molar-refractivity contribution in [1.29, 1.82) is 0 Å². The first-order chi connectivity index (χ1) is 12.4. The molecule has 4 rings (SSSR count). The molecule has 0 atom stereocenters. The van der Waals surface area contributed by atoms with E-state index in [0.29, 0.717) is 0 Å². The topological polar surface area (TPSA) is 30.9 Å². The van der Waals surface area contributed by atoms with Crippen LogP contribution in [-0.2, 0) is 15.9 Å². The Morgan fingerprint density at radius 2 is 1.58 bits per heavy atom. The van der Waals surface area contributed by atoms with Crippen molar-refractivity contribution in [3.63, 3.8) is 0 Å². The van der Waals surface area contributed by atoms with Gasteiger partial charge in [0.25, 0.3) is 0 Å². The summed E-state index contributed by atoms with van der Waals surface area (Å²) in [5.41, 5.74) is 2.87. The molecule has 2 aromatic rings. The van der Waals surface area contributed by atoms with E-state index >= 15 is 0 Å². The van der Waals surface area contributed by atoms with E-state index in [9.17, 15) is 0 Å². The minimum atomic E-state index is -0.312. The molecule has 0 amide bonds. The van der Waals surface area contributed by atoms with E-state index in [1.807, 2.05) is 12.1 Å². The highest BCUT2D eigenvalue weighted by Gasteiger charge is 2.51. The third kappa shape index (κ3) is 3.10. The fraction of sp³-hybridized carbons (Fsp3) is 0.429. The minimum absolute atomic E-state index is 0.307. The average molecular weight is 351 g/mol. The first-order valence-electron chi connectivity index (χ1n) is 9.27. The maximum atomic E-state index is 6.14. The van der Waals surface area contributed by atoms with Gasteiger partial charge < -0.3 is 18.9 Å². The van der Waals surface area contributed by atoms with Crippen molar-refractivity contribution in [3.05, 3.63) is 54.1 Å².